The highest BCUT2D eigenvalue weighted by Gasteiger charge is 2.28. The number of aryl methyl sites for hydroxylation is 1. The predicted molar refractivity (Wildman–Crippen MR) is 115 cm³/mol. The Kier molecular flexibility index (Phi) is 7.52. The Hall–Kier alpha value is -2.92. The Morgan fingerprint density at radius 1 is 1.16 bits per heavy atom. The van der Waals surface area contributed by atoms with Gasteiger partial charge in [-0.15, -0.1) is 0 Å². The zero-order valence-corrected chi connectivity index (χ0v) is 19.1. The number of ether oxygens (including phenoxy) is 2. The molecule has 1 amide bonds. The van der Waals surface area contributed by atoms with E-state index in [-0.39, 0.29) is 22.1 Å². The average molecular weight is 466 g/mol. The topological polar surface area (TPSA) is 128 Å². The van der Waals surface area contributed by atoms with Crippen LogP contribution in [-0.2, 0) is 19.6 Å². The number of anilines is 1. The first-order valence-electron chi connectivity index (χ1n) is 10.4. The Labute approximate surface area is 186 Å². The lowest BCUT2D eigenvalue weighted by Gasteiger charge is -2.21. The third-order valence-electron chi connectivity index (χ3n) is 5.12. The molecule has 0 spiro atoms. The normalized spacial score (nSPS) is 16.1. The molecule has 1 N–H and O–H groups in total. The predicted octanol–water partition coefficient (Wildman–Crippen LogP) is 2.74. The van der Waals surface area contributed by atoms with Crippen LogP contribution in [0.3, 0.4) is 0 Å². The minimum absolute atomic E-state index is 0.0265. The highest BCUT2D eigenvalue weighted by molar-refractivity contribution is 7.89. The van der Waals surface area contributed by atoms with Gasteiger partial charge in [0.2, 0.25) is 15.9 Å². The molecule has 0 aliphatic carbocycles. The number of carbonyl (C=O) groups excluding carboxylic acids is 2. The SMILES string of the molecule is COc1ccc(S(=O)(=O)N2CCCCCC2)cc1C(=O)OC(C)C(=O)Nc1cc(C)no1. The Bertz CT molecular complexity index is 1070. The summed E-state index contributed by atoms with van der Waals surface area (Å²) in [4.78, 5) is 25.1. The number of benzene rings is 1. The molecule has 0 bridgehead atoms. The third-order valence-corrected chi connectivity index (χ3v) is 7.02. The minimum atomic E-state index is -3.78. The van der Waals surface area contributed by atoms with Gasteiger partial charge in [0.05, 0.1) is 17.7 Å². The first-order valence-corrected chi connectivity index (χ1v) is 11.8. The van der Waals surface area contributed by atoms with Crippen molar-refractivity contribution < 1.29 is 32.0 Å². The second-order valence-corrected chi connectivity index (χ2v) is 9.49. The molecule has 3 rings (SSSR count). The van der Waals surface area contributed by atoms with Crippen molar-refractivity contribution in [1.29, 1.82) is 0 Å². The first-order chi connectivity index (χ1) is 15.2. The summed E-state index contributed by atoms with van der Waals surface area (Å²) in [6.45, 7) is 3.96. The summed E-state index contributed by atoms with van der Waals surface area (Å²) < 4.78 is 43.0. The molecule has 1 aromatic heterocycles. The molecule has 11 heteroatoms. The van der Waals surface area contributed by atoms with Gasteiger partial charge in [-0.3, -0.25) is 10.1 Å². The molecule has 1 aliphatic heterocycles. The molecule has 174 valence electrons. The van der Waals surface area contributed by atoms with E-state index >= 15 is 0 Å². The molecule has 0 saturated carbocycles. The van der Waals surface area contributed by atoms with Gasteiger partial charge in [0.25, 0.3) is 5.91 Å². The monoisotopic (exact) mass is 465 g/mol. The molecule has 1 aliphatic rings. The number of methoxy groups -OCH3 is 1. The highest BCUT2D eigenvalue weighted by atomic mass is 32.2. The third kappa shape index (κ3) is 5.46. The van der Waals surface area contributed by atoms with Crippen LogP contribution < -0.4 is 10.1 Å². The summed E-state index contributed by atoms with van der Waals surface area (Å²) in [5.74, 6) is -1.24. The molecule has 0 radical (unpaired) electrons. The number of amides is 1. The maximum Gasteiger partial charge on any atom is 0.342 e. The summed E-state index contributed by atoms with van der Waals surface area (Å²) in [5, 5.41) is 6.12. The van der Waals surface area contributed by atoms with Gasteiger partial charge >= 0.3 is 5.97 Å². The van der Waals surface area contributed by atoms with E-state index in [2.05, 4.69) is 10.5 Å². The van der Waals surface area contributed by atoms with E-state index in [0.717, 1.165) is 25.7 Å². The van der Waals surface area contributed by atoms with Crippen molar-refractivity contribution in [3.63, 3.8) is 0 Å². The van der Waals surface area contributed by atoms with Gasteiger partial charge in [-0.05, 0) is 44.9 Å². The van der Waals surface area contributed by atoms with Gasteiger partial charge in [-0.2, -0.15) is 4.31 Å². The molecular weight excluding hydrogens is 438 g/mol. The number of nitrogens with one attached hydrogen (secondary N) is 1. The zero-order chi connectivity index (χ0) is 23.3. The van der Waals surface area contributed by atoms with Crippen molar-refractivity contribution in [3.05, 3.63) is 35.5 Å². The number of rotatable bonds is 7. The lowest BCUT2D eigenvalue weighted by molar-refractivity contribution is -0.123. The first kappa shape index (κ1) is 23.7. The number of nitrogens with zero attached hydrogens (tertiary/aromatic N) is 2. The number of sulfonamides is 1. The van der Waals surface area contributed by atoms with Gasteiger partial charge in [-0.1, -0.05) is 18.0 Å². The molecule has 1 unspecified atom stereocenters. The largest absolute Gasteiger partial charge is 0.496 e. The second-order valence-electron chi connectivity index (χ2n) is 7.55. The van der Waals surface area contributed by atoms with E-state index < -0.39 is 28.0 Å². The molecule has 1 saturated heterocycles. The van der Waals surface area contributed by atoms with Crippen LogP contribution >= 0.6 is 0 Å². The standard InChI is InChI=1S/C21H27N3O7S/c1-14-12-19(31-23-14)22-20(25)15(2)30-21(26)17-13-16(8-9-18(17)29-3)32(27,28)24-10-6-4-5-7-11-24/h8-9,12-13,15H,4-7,10-11H2,1-3H3,(H,22,25). The quantitative estimate of drug-likeness (QED) is 0.618. The number of aromatic nitrogens is 1. The Morgan fingerprint density at radius 2 is 1.84 bits per heavy atom. The highest BCUT2D eigenvalue weighted by Crippen LogP contribution is 2.27. The number of hydrogen-bond donors (Lipinski definition) is 1. The molecule has 1 atom stereocenters. The summed E-state index contributed by atoms with van der Waals surface area (Å²) in [6.07, 6.45) is 2.38. The van der Waals surface area contributed by atoms with E-state index in [1.165, 1.54) is 42.6 Å². The fourth-order valence-electron chi connectivity index (χ4n) is 3.36. The van der Waals surface area contributed by atoms with Gasteiger partial charge in [0, 0.05) is 19.2 Å². The second kappa shape index (κ2) is 10.1. The zero-order valence-electron chi connectivity index (χ0n) is 18.3. The van der Waals surface area contributed by atoms with Crippen LogP contribution in [0, 0.1) is 6.92 Å². The van der Waals surface area contributed by atoms with E-state index in [9.17, 15) is 18.0 Å². The van der Waals surface area contributed by atoms with E-state index in [1.807, 2.05) is 0 Å². The van der Waals surface area contributed by atoms with Crippen LogP contribution in [0.1, 0.15) is 48.7 Å². The van der Waals surface area contributed by atoms with Crippen LogP contribution in [-0.4, -0.2) is 56.1 Å². The van der Waals surface area contributed by atoms with E-state index in [4.69, 9.17) is 14.0 Å². The van der Waals surface area contributed by atoms with Crippen molar-refractivity contribution in [2.24, 2.45) is 0 Å². The summed E-state index contributed by atoms with van der Waals surface area (Å²) >= 11 is 0. The van der Waals surface area contributed by atoms with Crippen LogP contribution in [0.5, 0.6) is 5.75 Å². The molecule has 2 heterocycles. The van der Waals surface area contributed by atoms with Crippen molar-refractivity contribution in [1.82, 2.24) is 9.46 Å². The summed E-state index contributed by atoms with van der Waals surface area (Å²) in [6, 6.07) is 5.56. The maximum atomic E-state index is 13.1. The number of carbonyl (C=O) groups is 2. The van der Waals surface area contributed by atoms with Crippen molar-refractivity contribution >= 4 is 27.8 Å². The summed E-state index contributed by atoms with van der Waals surface area (Å²) in [5.41, 5.74) is 0.496. The molecule has 1 fully saturated rings. The molecule has 1 aromatic carbocycles. The number of esters is 1. The van der Waals surface area contributed by atoms with Crippen LogP contribution in [0.4, 0.5) is 5.88 Å². The van der Waals surface area contributed by atoms with E-state index in [1.54, 1.807) is 6.92 Å². The van der Waals surface area contributed by atoms with Crippen LogP contribution in [0.25, 0.3) is 0 Å². The Morgan fingerprint density at radius 3 is 2.44 bits per heavy atom. The fourth-order valence-corrected chi connectivity index (χ4v) is 4.91. The number of hydrogen-bond acceptors (Lipinski definition) is 8. The average Bonchev–Trinajstić information content (AvgIpc) is 3.00. The van der Waals surface area contributed by atoms with E-state index in [0.29, 0.717) is 18.8 Å². The lowest BCUT2D eigenvalue weighted by atomic mass is 10.2. The molecule has 10 nitrogen and oxygen atoms in total. The van der Waals surface area contributed by atoms with Crippen molar-refractivity contribution in [2.45, 2.75) is 50.5 Å². The van der Waals surface area contributed by atoms with Crippen LogP contribution in [0.2, 0.25) is 0 Å². The van der Waals surface area contributed by atoms with Gasteiger partial charge in [0.1, 0.15) is 11.3 Å². The Balaban J connectivity index is 1.78. The van der Waals surface area contributed by atoms with Crippen LogP contribution in [0.15, 0.2) is 33.7 Å². The minimum Gasteiger partial charge on any atom is -0.496 e. The smallest absolute Gasteiger partial charge is 0.342 e. The molecular formula is C21H27N3O7S. The summed E-state index contributed by atoms with van der Waals surface area (Å²) in [7, 11) is -2.42. The molecule has 2 aromatic rings. The molecule has 32 heavy (non-hydrogen) atoms. The van der Waals surface area contributed by atoms with Crippen molar-refractivity contribution in [2.75, 3.05) is 25.5 Å². The lowest BCUT2D eigenvalue weighted by Crippen LogP contribution is -2.32. The fraction of sp³-hybridized carbons (Fsp3) is 0.476. The van der Waals surface area contributed by atoms with Crippen molar-refractivity contribution in [3.8, 4) is 5.75 Å². The van der Waals surface area contributed by atoms with Gasteiger partial charge in [-0.25, -0.2) is 13.2 Å². The maximum absolute atomic E-state index is 13.1. The van der Waals surface area contributed by atoms with Gasteiger partial charge < -0.3 is 14.0 Å². The van der Waals surface area contributed by atoms with Gasteiger partial charge in [0.15, 0.2) is 6.10 Å².